The average molecular weight is 332 g/mol. The smallest absolute Gasteiger partial charge is 0.222 e. The van der Waals surface area contributed by atoms with Gasteiger partial charge in [-0.25, -0.2) is 0 Å². The van der Waals surface area contributed by atoms with Crippen LogP contribution in [0, 0.1) is 5.92 Å². The lowest BCUT2D eigenvalue weighted by molar-refractivity contribution is -0.126. The average Bonchev–Trinajstić information content (AvgIpc) is 2.49. The van der Waals surface area contributed by atoms with Crippen molar-refractivity contribution in [3.05, 3.63) is 0 Å². The van der Waals surface area contributed by atoms with Gasteiger partial charge in [-0.1, -0.05) is 13.8 Å². The van der Waals surface area contributed by atoms with Crippen LogP contribution in [0.15, 0.2) is 0 Å². The van der Waals surface area contributed by atoms with Gasteiger partial charge in [0.05, 0.1) is 39.1 Å². The van der Waals surface area contributed by atoms with Gasteiger partial charge >= 0.3 is 0 Å². The number of methoxy groups -OCH3 is 1. The van der Waals surface area contributed by atoms with Crippen molar-refractivity contribution in [2.75, 3.05) is 53.2 Å². The van der Waals surface area contributed by atoms with E-state index >= 15 is 0 Å². The van der Waals surface area contributed by atoms with Gasteiger partial charge in [0.15, 0.2) is 0 Å². The molecule has 0 bridgehead atoms. The number of amides is 1. The van der Waals surface area contributed by atoms with Gasteiger partial charge in [0.25, 0.3) is 0 Å². The summed E-state index contributed by atoms with van der Waals surface area (Å²) in [5, 5.41) is 5.87. The number of hydrogen-bond acceptors (Lipinski definition) is 6. The van der Waals surface area contributed by atoms with Crippen LogP contribution in [-0.4, -0.2) is 71.0 Å². The number of ether oxygens (including phenoxy) is 3. The van der Waals surface area contributed by atoms with E-state index in [9.17, 15) is 9.59 Å². The van der Waals surface area contributed by atoms with Crippen molar-refractivity contribution in [2.24, 2.45) is 5.92 Å². The number of Topliss-reactive ketones (excluding diaryl/α,β-unsaturated/α-hetero) is 1. The summed E-state index contributed by atoms with van der Waals surface area (Å²) in [6.45, 7) is 9.26. The highest BCUT2D eigenvalue weighted by Gasteiger charge is 2.17. The van der Waals surface area contributed by atoms with Crippen LogP contribution in [0.25, 0.3) is 0 Å². The molecule has 136 valence electrons. The van der Waals surface area contributed by atoms with Crippen molar-refractivity contribution in [1.29, 1.82) is 0 Å². The predicted octanol–water partition coefficient (Wildman–Crippen LogP) is 0.376. The van der Waals surface area contributed by atoms with Gasteiger partial charge < -0.3 is 24.8 Å². The monoisotopic (exact) mass is 332 g/mol. The lowest BCUT2D eigenvalue weighted by atomic mass is 10.1. The molecule has 0 heterocycles. The van der Waals surface area contributed by atoms with Gasteiger partial charge in [0, 0.05) is 20.1 Å². The van der Waals surface area contributed by atoms with E-state index in [-0.39, 0.29) is 18.1 Å². The van der Waals surface area contributed by atoms with Crippen LogP contribution in [-0.2, 0) is 23.8 Å². The molecule has 7 nitrogen and oxygen atoms in total. The highest BCUT2D eigenvalue weighted by atomic mass is 16.5. The van der Waals surface area contributed by atoms with Crippen LogP contribution < -0.4 is 10.6 Å². The number of rotatable bonds is 15. The van der Waals surface area contributed by atoms with Crippen molar-refractivity contribution >= 4 is 11.7 Å². The largest absolute Gasteiger partial charge is 0.382 e. The molecule has 0 spiro atoms. The molecule has 1 unspecified atom stereocenters. The summed E-state index contributed by atoms with van der Waals surface area (Å²) in [5.74, 6) is 0.256. The Morgan fingerprint density at radius 1 is 1.00 bits per heavy atom. The van der Waals surface area contributed by atoms with Crippen LogP contribution >= 0.6 is 0 Å². The molecule has 0 aromatic rings. The maximum absolute atomic E-state index is 11.8. The molecule has 0 aliphatic rings. The molecule has 2 N–H and O–H groups in total. The van der Waals surface area contributed by atoms with E-state index in [1.807, 2.05) is 0 Å². The minimum atomic E-state index is -0.424. The molecule has 0 saturated carbocycles. The van der Waals surface area contributed by atoms with Crippen LogP contribution in [0.2, 0.25) is 0 Å². The molecule has 0 aliphatic heterocycles. The van der Waals surface area contributed by atoms with Crippen molar-refractivity contribution in [1.82, 2.24) is 10.6 Å². The van der Waals surface area contributed by atoms with Crippen molar-refractivity contribution in [3.63, 3.8) is 0 Å². The summed E-state index contributed by atoms with van der Waals surface area (Å²) < 4.78 is 15.4. The minimum absolute atomic E-state index is 0.0229. The lowest BCUT2D eigenvalue weighted by Gasteiger charge is -2.17. The van der Waals surface area contributed by atoms with Gasteiger partial charge in [-0.2, -0.15) is 0 Å². The maximum atomic E-state index is 11.8. The zero-order chi connectivity index (χ0) is 17.5. The second-order valence-corrected chi connectivity index (χ2v) is 5.74. The number of nitrogens with one attached hydrogen (secondary N) is 2. The third-order valence-corrected chi connectivity index (χ3v) is 3.03. The highest BCUT2D eigenvalue weighted by Crippen LogP contribution is 1.97. The van der Waals surface area contributed by atoms with Crippen LogP contribution in [0.4, 0.5) is 0 Å². The van der Waals surface area contributed by atoms with Gasteiger partial charge in [-0.15, -0.1) is 0 Å². The van der Waals surface area contributed by atoms with Crippen molar-refractivity contribution < 1.29 is 23.8 Å². The number of carbonyl (C=O) groups excluding carboxylic acids is 2. The Kier molecular flexibility index (Phi) is 13.9. The second kappa shape index (κ2) is 14.6. The van der Waals surface area contributed by atoms with E-state index in [4.69, 9.17) is 14.2 Å². The Labute approximate surface area is 139 Å². The molecule has 0 radical (unpaired) electrons. The SMILES string of the molecule is COCCOCCOCCNC(=O)CC(NCC(C)C)C(C)=O. The van der Waals surface area contributed by atoms with Crippen molar-refractivity contribution in [3.8, 4) is 0 Å². The van der Waals surface area contributed by atoms with E-state index in [1.54, 1.807) is 7.11 Å². The first kappa shape index (κ1) is 22.0. The molecule has 0 rings (SSSR count). The Hall–Kier alpha value is -1.02. The molecular formula is C16H32N2O5. The molecule has 7 heteroatoms. The Balaban J connectivity index is 3.65. The van der Waals surface area contributed by atoms with Crippen LogP contribution in [0.5, 0.6) is 0 Å². The number of ketones is 1. The first-order chi connectivity index (χ1) is 11.0. The minimum Gasteiger partial charge on any atom is -0.382 e. The topological polar surface area (TPSA) is 85.9 Å². The zero-order valence-electron chi connectivity index (χ0n) is 14.9. The summed E-state index contributed by atoms with van der Waals surface area (Å²) in [7, 11) is 1.62. The van der Waals surface area contributed by atoms with E-state index in [0.717, 1.165) is 0 Å². The van der Waals surface area contributed by atoms with E-state index in [0.29, 0.717) is 52.0 Å². The highest BCUT2D eigenvalue weighted by molar-refractivity contribution is 5.88. The summed E-state index contributed by atoms with van der Waals surface area (Å²) in [5.41, 5.74) is 0. The zero-order valence-corrected chi connectivity index (χ0v) is 14.9. The standard InChI is InChI=1S/C16H32N2O5/c1-13(2)12-18-15(14(3)19)11-16(20)17-5-6-22-9-10-23-8-7-21-4/h13,15,18H,5-12H2,1-4H3,(H,17,20). The molecule has 0 fully saturated rings. The molecule has 0 aliphatic carbocycles. The van der Waals surface area contributed by atoms with Crippen LogP contribution in [0.1, 0.15) is 27.2 Å². The van der Waals surface area contributed by atoms with Gasteiger partial charge in [-0.05, 0) is 19.4 Å². The first-order valence-corrected chi connectivity index (χ1v) is 8.12. The van der Waals surface area contributed by atoms with E-state index in [1.165, 1.54) is 6.92 Å². The molecule has 1 atom stereocenters. The Morgan fingerprint density at radius 2 is 1.61 bits per heavy atom. The quantitative estimate of drug-likeness (QED) is 0.422. The van der Waals surface area contributed by atoms with Gasteiger partial charge in [-0.3, -0.25) is 9.59 Å². The van der Waals surface area contributed by atoms with E-state index < -0.39 is 6.04 Å². The number of carbonyl (C=O) groups is 2. The summed E-state index contributed by atoms with van der Waals surface area (Å²) in [6.07, 6.45) is 0.155. The second-order valence-electron chi connectivity index (χ2n) is 5.74. The molecule has 0 saturated heterocycles. The summed E-state index contributed by atoms with van der Waals surface area (Å²) >= 11 is 0. The first-order valence-electron chi connectivity index (χ1n) is 8.12. The van der Waals surface area contributed by atoms with E-state index in [2.05, 4.69) is 24.5 Å². The fourth-order valence-corrected chi connectivity index (χ4v) is 1.72. The van der Waals surface area contributed by atoms with Gasteiger partial charge in [0.2, 0.25) is 5.91 Å². The summed E-state index contributed by atoms with van der Waals surface area (Å²) in [4.78, 5) is 23.3. The molecule has 0 aromatic heterocycles. The van der Waals surface area contributed by atoms with Crippen LogP contribution in [0.3, 0.4) is 0 Å². The molecular weight excluding hydrogens is 300 g/mol. The molecule has 23 heavy (non-hydrogen) atoms. The fourth-order valence-electron chi connectivity index (χ4n) is 1.72. The molecule has 0 aromatic carbocycles. The normalized spacial score (nSPS) is 12.4. The third-order valence-electron chi connectivity index (χ3n) is 3.03. The Bertz CT molecular complexity index is 324. The summed E-state index contributed by atoms with van der Waals surface area (Å²) in [6, 6.07) is -0.424. The fraction of sp³-hybridized carbons (Fsp3) is 0.875. The Morgan fingerprint density at radius 3 is 2.17 bits per heavy atom. The number of hydrogen-bond donors (Lipinski definition) is 2. The lowest BCUT2D eigenvalue weighted by Crippen LogP contribution is -2.42. The van der Waals surface area contributed by atoms with Gasteiger partial charge in [0.1, 0.15) is 5.78 Å². The third kappa shape index (κ3) is 14.3. The predicted molar refractivity (Wildman–Crippen MR) is 88.5 cm³/mol. The molecule has 1 amide bonds. The van der Waals surface area contributed by atoms with Crippen molar-refractivity contribution in [2.45, 2.75) is 33.2 Å². The maximum Gasteiger partial charge on any atom is 0.222 e.